The summed E-state index contributed by atoms with van der Waals surface area (Å²) in [4.78, 5) is 0. The van der Waals surface area contributed by atoms with Crippen LogP contribution in [0.2, 0.25) is 0 Å². The van der Waals surface area contributed by atoms with Gasteiger partial charge in [0.1, 0.15) is 0 Å². The van der Waals surface area contributed by atoms with Gasteiger partial charge in [-0.3, -0.25) is 0 Å². The number of hydrogen-bond donors (Lipinski definition) is 0. The van der Waals surface area contributed by atoms with Crippen LogP contribution in [0.1, 0.15) is 64.9 Å². The predicted molar refractivity (Wildman–Crippen MR) is 175 cm³/mol. The van der Waals surface area contributed by atoms with Gasteiger partial charge < -0.3 is 34.0 Å². The van der Waals surface area contributed by atoms with Crippen molar-refractivity contribution in [2.75, 3.05) is 0 Å². The van der Waals surface area contributed by atoms with E-state index in [0.29, 0.717) is 7.25 Å². The molecule has 6 aromatic rings. The fourth-order valence-electron chi connectivity index (χ4n) is 8.78. The van der Waals surface area contributed by atoms with Crippen molar-refractivity contribution in [3.63, 3.8) is 0 Å². The van der Waals surface area contributed by atoms with Gasteiger partial charge in [-0.25, -0.2) is 0 Å². The third kappa shape index (κ3) is 4.33. The number of allylic oxidation sites excluding steroid dienone is 2. The maximum absolute atomic E-state index is 2.72. The van der Waals surface area contributed by atoms with E-state index in [9.17, 15) is 0 Å². The van der Waals surface area contributed by atoms with Crippen LogP contribution >= 0.6 is 0 Å². The molecule has 0 bridgehead atoms. The Kier molecular flexibility index (Phi) is 7.59. The van der Waals surface area contributed by atoms with Gasteiger partial charge in [-0.2, -0.15) is 0 Å². The normalized spacial score (nSPS) is 18.8. The first kappa shape index (κ1) is 29.7. The van der Waals surface area contributed by atoms with Gasteiger partial charge in [0, 0.05) is 0 Å². The van der Waals surface area contributed by atoms with Crippen LogP contribution in [0.15, 0.2) is 97.1 Å². The van der Waals surface area contributed by atoms with E-state index in [0.717, 1.165) is 0 Å². The second-order valence-corrected chi connectivity index (χ2v) is 16.3. The molecule has 0 fully saturated rings. The van der Waals surface area contributed by atoms with Gasteiger partial charge in [-0.05, 0) is 0 Å². The minimum absolute atomic E-state index is 0. The number of halogens is 2. The van der Waals surface area contributed by atoms with Crippen molar-refractivity contribution in [3.8, 4) is 0 Å². The second-order valence-electron chi connectivity index (χ2n) is 12.7. The van der Waals surface area contributed by atoms with Crippen LogP contribution in [0.4, 0.5) is 0 Å². The fraction of sp³-hybridized carbons (Fsp3) is 0.200. The molecule has 2 aromatic heterocycles. The van der Waals surface area contributed by atoms with Gasteiger partial charge >= 0.3 is 265 Å². The summed E-state index contributed by atoms with van der Waals surface area (Å²) < 4.78 is 6.43. The average molecular weight is 792 g/mol. The number of hydrogen-bond acceptors (Lipinski definition) is 0. The van der Waals surface area contributed by atoms with E-state index in [1.807, 2.05) is 0 Å². The van der Waals surface area contributed by atoms with Crippen molar-refractivity contribution in [2.24, 2.45) is 0 Å². The molecule has 4 aliphatic rings. The van der Waals surface area contributed by atoms with E-state index in [4.69, 9.17) is 0 Å². The Morgan fingerprint density at radius 2 is 0.911 bits per heavy atom. The van der Waals surface area contributed by atoms with Crippen molar-refractivity contribution < 1.29 is 57.2 Å². The number of nitrogens with zero attached hydrogens (tertiary/aromatic N) is 2. The summed E-state index contributed by atoms with van der Waals surface area (Å²) in [5.41, 5.74) is 18.2. The topological polar surface area (TPSA) is 9.86 Å². The van der Waals surface area contributed by atoms with Gasteiger partial charge in [0.15, 0.2) is 0 Å². The molecule has 0 amide bonds. The third-order valence-electron chi connectivity index (χ3n) is 10.5. The SMILES string of the molecule is C1=C(n2c3c(c4ccccc42)CCC3)[CH]([Zr+2][CH]2C(n3c4c(c5ccccc53)CCC4)=Cc3ccccc32)c2ccccc21.[Br-].[Br-]. The molecule has 0 saturated carbocycles. The quantitative estimate of drug-likeness (QED) is 0.259. The molecule has 2 unspecified atom stereocenters. The monoisotopic (exact) mass is 788 g/mol. The van der Waals surface area contributed by atoms with Crippen molar-refractivity contribution in [3.05, 3.63) is 142 Å². The van der Waals surface area contributed by atoms with Crippen LogP contribution in [0.25, 0.3) is 45.4 Å². The molecule has 4 aliphatic carbocycles. The molecule has 0 radical (unpaired) electrons. The Morgan fingerprint density at radius 3 is 1.40 bits per heavy atom. The van der Waals surface area contributed by atoms with Crippen LogP contribution in [-0.4, -0.2) is 9.13 Å². The van der Waals surface area contributed by atoms with Crippen LogP contribution in [0.3, 0.4) is 0 Å². The summed E-state index contributed by atoms with van der Waals surface area (Å²) in [6.45, 7) is 0. The molecule has 5 heteroatoms. The third-order valence-corrected chi connectivity index (χ3v) is 15.1. The Balaban J connectivity index is 0.00000150. The zero-order valence-electron chi connectivity index (χ0n) is 24.9. The number of benzene rings is 4. The summed E-state index contributed by atoms with van der Waals surface area (Å²) in [5, 5.41) is 2.94. The molecule has 2 nitrogen and oxygen atoms in total. The molecule has 2 heterocycles. The molecule has 0 N–H and O–H groups in total. The summed E-state index contributed by atoms with van der Waals surface area (Å²) >= 11 is -1.14. The summed E-state index contributed by atoms with van der Waals surface area (Å²) in [6, 6.07) is 36.9. The molecule has 2 atom stereocenters. The first-order chi connectivity index (χ1) is 21.3. The van der Waals surface area contributed by atoms with Crippen molar-refractivity contribution in [1.82, 2.24) is 9.13 Å². The Hall–Kier alpha value is -2.72. The van der Waals surface area contributed by atoms with E-state index in [2.05, 4.69) is 118 Å². The van der Waals surface area contributed by atoms with Crippen molar-refractivity contribution in [1.29, 1.82) is 0 Å². The summed E-state index contributed by atoms with van der Waals surface area (Å²) in [5.74, 6) is 0. The van der Waals surface area contributed by atoms with Crippen LogP contribution in [0, 0.1) is 0 Å². The molecule has 4 aromatic carbocycles. The number of para-hydroxylation sites is 2. The molecule has 0 aliphatic heterocycles. The van der Waals surface area contributed by atoms with E-state index in [1.54, 1.807) is 45.0 Å². The molecule has 0 spiro atoms. The maximum atomic E-state index is 2.72. The van der Waals surface area contributed by atoms with Gasteiger partial charge in [-0.1, -0.05) is 0 Å². The summed E-state index contributed by atoms with van der Waals surface area (Å²) in [7, 11) is 0. The van der Waals surface area contributed by atoms with Gasteiger partial charge in [-0.15, -0.1) is 0 Å². The molecular formula is C40H32Br2N2Zr. The summed E-state index contributed by atoms with van der Waals surface area (Å²) in [6.07, 6.45) is 12.5. The van der Waals surface area contributed by atoms with Crippen molar-refractivity contribution >= 4 is 45.4 Å². The smallest absolute Gasteiger partial charge is 1.00 e. The van der Waals surface area contributed by atoms with Crippen molar-refractivity contribution in [2.45, 2.75) is 45.8 Å². The minimum atomic E-state index is -1.14. The minimum Gasteiger partial charge on any atom is -1.00 e. The van der Waals surface area contributed by atoms with E-state index < -0.39 is 23.2 Å². The van der Waals surface area contributed by atoms with E-state index in [-0.39, 0.29) is 34.0 Å². The van der Waals surface area contributed by atoms with E-state index in [1.165, 1.54) is 71.5 Å². The standard InChI is InChI=1S/2C20H16N.2BrH.Zr/c2*1-2-7-15-13-16(12-14(15)6-1)21-19-10-4-3-8-17(19)18-9-5-11-20(18)21;;;/h2*1-4,6-8,10,12-13H,5,9,11H2;2*1H;/q;;;;+2/p-2. The molecule has 10 rings (SSSR count). The molecular weight excluding hydrogens is 759 g/mol. The molecule has 0 saturated heterocycles. The van der Waals surface area contributed by atoms with Gasteiger partial charge in [0.25, 0.3) is 0 Å². The number of aromatic nitrogens is 2. The van der Waals surface area contributed by atoms with Gasteiger partial charge in [0.05, 0.1) is 0 Å². The predicted octanol–water partition coefficient (Wildman–Crippen LogP) is 3.47. The first-order valence-corrected chi connectivity index (χ1v) is 18.8. The average Bonchev–Trinajstić information content (AvgIpc) is 3.88. The Morgan fingerprint density at radius 1 is 0.489 bits per heavy atom. The Bertz CT molecular complexity index is 2040. The fourth-order valence-corrected chi connectivity index (χ4v) is 13.7. The maximum Gasteiger partial charge on any atom is -1.00 e. The van der Waals surface area contributed by atoms with Crippen LogP contribution < -0.4 is 34.0 Å². The molecule has 45 heavy (non-hydrogen) atoms. The van der Waals surface area contributed by atoms with E-state index >= 15 is 0 Å². The number of rotatable bonds is 4. The number of aryl methyl sites for hydroxylation is 2. The van der Waals surface area contributed by atoms with Crippen LogP contribution in [-0.2, 0) is 48.9 Å². The first-order valence-electron chi connectivity index (χ1n) is 16.0. The second kappa shape index (κ2) is 11.5. The zero-order valence-corrected chi connectivity index (χ0v) is 30.6. The Labute approximate surface area is 297 Å². The number of fused-ring (bicyclic) bond motifs is 8. The zero-order chi connectivity index (χ0) is 28.1. The molecule has 220 valence electrons. The largest absolute Gasteiger partial charge is 1.00 e. The van der Waals surface area contributed by atoms with Crippen LogP contribution in [0.5, 0.6) is 0 Å². The van der Waals surface area contributed by atoms with Gasteiger partial charge in [0.2, 0.25) is 0 Å².